The van der Waals surface area contributed by atoms with Crippen LogP contribution in [0.2, 0.25) is 0 Å². The second kappa shape index (κ2) is 4.16. The minimum atomic E-state index is -0.159. The molecule has 15 heavy (non-hydrogen) atoms. The van der Waals surface area contributed by atoms with Crippen molar-refractivity contribution in [1.29, 1.82) is 0 Å². The van der Waals surface area contributed by atoms with Crippen LogP contribution in [-0.4, -0.2) is 24.0 Å². The molecule has 0 unspecified atom stereocenters. The zero-order valence-electron chi connectivity index (χ0n) is 8.94. The van der Waals surface area contributed by atoms with Crippen LogP contribution in [0.4, 0.5) is 0 Å². The van der Waals surface area contributed by atoms with E-state index in [0.29, 0.717) is 6.54 Å². The first-order valence-electron chi connectivity index (χ1n) is 5.23. The van der Waals surface area contributed by atoms with Gasteiger partial charge in [0.25, 0.3) is 0 Å². The molecule has 0 aromatic heterocycles. The molecule has 0 saturated heterocycles. The van der Waals surface area contributed by atoms with Crippen LogP contribution in [0, 0.1) is 0 Å². The fraction of sp³-hybridized carbons (Fsp3) is 0.500. The van der Waals surface area contributed by atoms with Crippen molar-refractivity contribution < 1.29 is 5.11 Å². The van der Waals surface area contributed by atoms with Crippen LogP contribution < -0.4 is 5.73 Å². The van der Waals surface area contributed by atoms with Crippen LogP contribution in [0.25, 0.3) is 0 Å². The molecule has 0 bridgehead atoms. The Labute approximate surface area is 94.9 Å². The van der Waals surface area contributed by atoms with E-state index in [1.165, 1.54) is 10.5 Å². The molecule has 0 aliphatic heterocycles. The van der Waals surface area contributed by atoms with Crippen LogP contribution in [0.5, 0.6) is 0 Å². The van der Waals surface area contributed by atoms with Gasteiger partial charge in [0, 0.05) is 16.9 Å². The summed E-state index contributed by atoms with van der Waals surface area (Å²) < 4.78 is 0. The van der Waals surface area contributed by atoms with Crippen molar-refractivity contribution in [2.24, 2.45) is 5.73 Å². The van der Waals surface area contributed by atoms with Crippen LogP contribution >= 0.6 is 11.8 Å². The monoisotopic (exact) mass is 223 g/mol. The van der Waals surface area contributed by atoms with E-state index >= 15 is 0 Å². The fourth-order valence-electron chi connectivity index (χ4n) is 2.31. The quantitative estimate of drug-likeness (QED) is 0.768. The summed E-state index contributed by atoms with van der Waals surface area (Å²) in [4.78, 5) is 1.27. The van der Waals surface area contributed by atoms with Crippen molar-refractivity contribution in [2.75, 3.05) is 12.8 Å². The van der Waals surface area contributed by atoms with E-state index < -0.39 is 0 Å². The van der Waals surface area contributed by atoms with Gasteiger partial charge in [-0.05, 0) is 36.8 Å². The summed E-state index contributed by atoms with van der Waals surface area (Å²) in [5.41, 5.74) is 7.13. The predicted molar refractivity (Wildman–Crippen MR) is 64.2 cm³/mol. The third-order valence-electron chi connectivity index (χ3n) is 3.35. The smallest absolute Gasteiger partial charge is 0.0558 e. The van der Waals surface area contributed by atoms with E-state index in [1.54, 1.807) is 11.8 Å². The number of benzene rings is 1. The maximum atomic E-state index is 9.42. The summed E-state index contributed by atoms with van der Waals surface area (Å²) in [7, 11) is 0. The average Bonchev–Trinajstić information content (AvgIpc) is 2.25. The van der Waals surface area contributed by atoms with E-state index in [9.17, 15) is 5.11 Å². The first-order chi connectivity index (χ1) is 7.20. The highest BCUT2D eigenvalue weighted by Gasteiger charge is 2.43. The van der Waals surface area contributed by atoms with Crippen LogP contribution in [0.1, 0.15) is 18.4 Å². The molecule has 1 aromatic rings. The lowest BCUT2D eigenvalue weighted by atomic mass is 9.63. The van der Waals surface area contributed by atoms with Gasteiger partial charge in [-0.25, -0.2) is 0 Å². The van der Waals surface area contributed by atoms with Gasteiger partial charge in [-0.3, -0.25) is 0 Å². The molecule has 0 radical (unpaired) electrons. The summed E-state index contributed by atoms with van der Waals surface area (Å²) >= 11 is 1.74. The van der Waals surface area contributed by atoms with Gasteiger partial charge < -0.3 is 10.8 Å². The van der Waals surface area contributed by atoms with Gasteiger partial charge >= 0.3 is 0 Å². The molecule has 3 N–H and O–H groups in total. The average molecular weight is 223 g/mol. The number of aliphatic hydroxyl groups is 1. The molecule has 1 aromatic carbocycles. The van der Waals surface area contributed by atoms with E-state index in [4.69, 9.17) is 5.73 Å². The highest BCUT2D eigenvalue weighted by Crippen LogP contribution is 2.43. The van der Waals surface area contributed by atoms with Gasteiger partial charge in [0.05, 0.1) is 6.10 Å². The Bertz CT molecular complexity index is 330. The van der Waals surface area contributed by atoms with Gasteiger partial charge in [0.2, 0.25) is 0 Å². The topological polar surface area (TPSA) is 46.2 Å². The zero-order valence-corrected chi connectivity index (χ0v) is 9.76. The van der Waals surface area contributed by atoms with Gasteiger partial charge in [-0.15, -0.1) is 11.8 Å². The van der Waals surface area contributed by atoms with Gasteiger partial charge in [-0.2, -0.15) is 0 Å². The lowest BCUT2D eigenvalue weighted by Gasteiger charge is -2.45. The number of thioether (sulfide) groups is 1. The maximum Gasteiger partial charge on any atom is 0.0558 e. The summed E-state index contributed by atoms with van der Waals surface area (Å²) in [6.07, 6.45) is 3.53. The van der Waals surface area contributed by atoms with E-state index in [-0.39, 0.29) is 11.5 Å². The first kappa shape index (κ1) is 11.0. The Hall–Kier alpha value is -0.510. The second-order valence-electron chi connectivity index (χ2n) is 4.28. The molecule has 3 heteroatoms. The molecule has 2 rings (SSSR count). The Morgan fingerprint density at radius 3 is 2.40 bits per heavy atom. The molecule has 1 aliphatic rings. The highest BCUT2D eigenvalue weighted by atomic mass is 32.2. The number of nitrogens with two attached hydrogens (primary N) is 1. The molecule has 82 valence electrons. The van der Waals surface area contributed by atoms with Crippen molar-refractivity contribution in [3.63, 3.8) is 0 Å². The number of aliphatic hydroxyl groups excluding tert-OH is 1. The van der Waals surface area contributed by atoms with Gasteiger partial charge in [0.15, 0.2) is 0 Å². The molecule has 1 saturated carbocycles. The fourth-order valence-corrected chi connectivity index (χ4v) is 2.72. The van der Waals surface area contributed by atoms with Crippen LogP contribution in [0.3, 0.4) is 0 Å². The summed E-state index contributed by atoms with van der Waals surface area (Å²) in [6, 6.07) is 8.54. The molecule has 1 aliphatic carbocycles. The highest BCUT2D eigenvalue weighted by molar-refractivity contribution is 7.98. The molecule has 1 fully saturated rings. The predicted octanol–water partition coefficient (Wildman–Crippen LogP) is 1.76. The number of rotatable bonds is 3. The molecular weight excluding hydrogens is 206 g/mol. The third-order valence-corrected chi connectivity index (χ3v) is 4.09. The minimum Gasteiger partial charge on any atom is -0.393 e. The Kier molecular flexibility index (Phi) is 3.05. The SMILES string of the molecule is CSc1ccc(C2(CN)CC(O)C2)cc1. The van der Waals surface area contributed by atoms with E-state index in [0.717, 1.165) is 12.8 Å². The van der Waals surface area contributed by atoms with Crippen molar-refractivity contribution in [2.45, 2.75) is 29.3 Å². The van der Waals surface area contributed by atoms with Crippen molar-refractivity contribution in [1.82, 2.24) is 0 Å². The van der Waals surface area contributed by atoms with Gasteiger partial charge in [-0.1, -0.05) is 12.1 Å². The van der Waals surface area contributed by atoms with E-state index in [2.05, 4.69) is 30.5 Å². The van der Waals surface area contributed by atoms with Gasteiger partial charge in [0.1, 0.15) is 0 Å². The molecule has 0 atom stereocenters. The van der Waals surface area contributed by atoms with Crippen molar-refractivity contribution >= 4 is 11.8 Å². The largest absolute Gasteiger partial charge is 0.393 e. The Morgan fingerprint density at radius 2 is 2.00 bits per heavy atom. The lowest BCUT2D eigenvalue weighted by molar-refractivity contribution is 0.0221. The molecule has 0 spiro atoms. The molecule has 2 nitrogen and oxygen atoms in total. The Balaban J connectivity index is 2.21. The maximum absolute atomic E-state index is 9.42. The summed E-state index contributed by atoms with van der Waals surface area (Å²) in [5, 5.41) is 9.42. The summed E-state index contributed by atoms with van der Waals surface area (Å²) in [5.74, 6) is 0. The molecule has 0 heterocycles. The lowest BCUT2D eigenvalue weighted by Crippen LogP contribution is -2.49. The van der Waals surface area contributed by atoms with E-state index in [1.807, 2.05) is 0 Å². The third kappa shape index (κ3) is 1.92. The van der Waals surface area contributed by atoms with Crippen molar-refractivity contribution in [3.8, 4) is 0 Å². The van der Waals surface area contributed by atoms with Crippen molar-refractivity contribution in [3.05, 3.63) is 29.8 Å². The summed E-state index contributed by atoms with van der Waals surface area (Å²) in [6.45, 7) is 0.628. The normalized spacial score (nSPS) is 29.9. The number of hydrogen-bond donors (Lipinski definition) is 2. The zero-order chi connectivity index (χ0) is 10.9. The number of hydrogen-bond acceptors (Lipinski definition) is 3. The molecular formula is C12H17NOS. The van der Waals surface area contributed by atoms with Crippen LogP contribution in [0.15, 0.2) is 29.2 Å². The standard InChI is InChI=1S/C12H17NOS/c1-15-11-4-2-9(3-5-11)12(8-13)6-10(14)7-12/h2-5,10,14H,6-8,13H2,1H3. The molecule has 0 amide bonds. The minimum absolute atomic E-state index is 0.0381. The Morgan fingerprint density at radius 1 is 1.40 bits per heavy atom. The first-order valence-corrected chi connectivity index (χ1v) is 6.45. The van der Waals surface area contributed by atoms with Crippen LogP contribution in [-0.2, 0) is 5.41 Å². The second-order valence-corrected chi connectivity index (χ2v) is 5.15.